The van der Waals surface area contributed by atoms with Crippen molar-refractivity contribution in [2.45, 2.75) is 6.42 Å². The largest absolute Gasteiger partial charge is 0.491 e. The van der Waals surface area contributed by atoms with E-state index in [9.17, 15) is 9.18 Å². The van der Waals surface area contributed by atoms with Crippen LogP contribution in [0.4, 0.5) is 10.2 Å². The molecule has 0 radical (unpaired) electrons. The summed E-state index contributed by atoms with van der Waals surface area (Å²) in [4.78, 5) is 25.6. The molecule has 1 fully saturated rings. The molecule has 0 N–H and O–H groups in total. The van der Waals surface area contributed by atoms with Gasteiger partial charge in [0.25, 0.3) is 0 Å². The number of benzene rings is 2. The molecular formula is C23H22ClFN4O2. The Hall–Kier alpha value is -3.19. The van der Waals surface area contributed by atoms with E-state index in [0.29, 0.717) is 37.8 Å². The number of hydrogen-bond donors (Lipinski definition) is 0. The van der Waals surface area contributed by atoms with E-state index in [0.717, 1.165) is 11.4 Å². The quantitative estimate of drug-likeness (QED) is 0.578. The van der Waals surface area contributed by atoms with Gasteiger partial charge in [0.15, 0.2) is 5.82 Å². The van der Waals surface area contributed by atoms with Crippen molar-refractivity contribution in [3.8, 4) is 17.1 Å². The first-order valence-corrected chi connectivity index (χ1v) is 10.5. The van der Waals surface area contributed by atoms with Crippen LogP contribution in [0.1, 0.15) is 6.42 Å². The minimum atomic E-state index is -0.425. The summed E-state index contributed by atoms with van der Waals surface area (Å²) in [6.07, 6.45) is 2.00. The van der Waals surface area contributed by atoms with Crippen LogP contribution in [0.15, 0.2) is 60.8 Å². The topological polar surface area (TPSA) is 58.6 Å². The van der Waals surface area contributed by atoms with Crippen molar-refractivity contribution in [1.29, 1.82) is 0 Å². The molecule has 0 atom stereocenters. The summed E-state index contributed by atoms with van der Waals surface area (Å²) in [6.45, 7) is 2.81. The van der Waals surface area contributed by atoms with Crippen LogP contribution in [0.25, 0.3) is 11.4 Å². The summed E-state index contributed by atoms with van der Waals surface area (Å²) in [5.74, 6) is 1.51. The van der Waals surface area contributed by atoms with Gasteiger partial charge >= 0.3 is 0 Å². The molecule has 6 nitrogen and oxygen atoms in total. The zero-order chi connectivity index (χ0) is 21.6. The maximum atomic E-state index is 13.1. The summed E-state index contributed by atoms with van der Waals surface area (Å²) in [5.41, 5.74) is 0.972. The number of anilines is 1. The molecule has 2 aromatic carbocycles. The highest BCUT2D eigenvalue weighted by molar-refractivity contribution is 6.32. The fourth-order valence-electron chi connectivity index (χ4n) is 3.44. The van der Waals surface area contributed by atoms with Gasteiger partial charge in [-0.15, -0.1) is 0 Å². The molecule has 0 bridgehead atoms. The highest BCUT2D eigenvalue weighted by atomic mass is 35.5. The third-order valence-corrected chi connectivity index (χ3v) is 5.39. The molecule has 2 heterocycles. The normalized spacial score (nSPS) is 13.9. The van der Waals surface area contributed by atoms with Gasteiger partial charge < -0.3 is 14.5 Å². The molecule has 4 rings (SSSR count). The van der Waals surface area contributed by atoms with Crippen LogP contribution in [-0.2, 0) is 4.79 Å². The molecule has 0 unspecified atom stereocenters. The number of carbonyl (C=O) groups is 1. The average molecular weight is 441 g/mol. The monoisotopic (exact) mass is 440 g/mol. The second-order valence-corrected chi connectivity index (χ2v) is 7.55. The number of halogens is 2. The first-order valence-electron chi connectivity index (χ1n) is 10.1. The number of ether oxygens (including phenoxy) is 1. The molecule has 31 heavy (non-hydrogen) atoms. The van der Waals surface area contributed by atoms with Gasteiger partial charge in [-0.25, -0.2) is 14.4 Å². The lowest BCUT2D eigenvalue weighted by Crippen LogP contribution is -2.49. The molecule has 8 heteroatoms. The Labute approximate surface area is 185 Å². The summed E-state index contributed by atoms with van der Waals surface area (Å²) < 4.78 is 18.6. The third kappa shape index (κ3) is 5.30. The molecule has 1 saturated heterocycles. The summed E-state index contributed by atoms with van der Waals surface area (Å²) in [5, 5.41) is 0.195. The van der Waals surface area contributed by atoms with Gasteiger partial charge in [0.05, 0.1) is 18.1 Å². The van der Waals surface area contributed by atoms with Crippen LogP contribution in [0, 0.1) is 5.82 Å². The van der Waals surface area contributed by atoms with Gasteiger partial charge in [0.2, 0.25) is 5.91 Å². The van der Waals surface area contributed by atoms with E-state index in [1.807, 2.05) is 41.3 Å². The number of nitrogens with zero attached hydrogens (tertiary/aromatic N) is 4. The Kier molecular flexibility index (Phi) is 6.62. The summed E-state index contributed by atoms with van der Waals surface area (Å²) in [7, 11) is 0. The summed E-state index contributed by atoms with van der Waals surface area (Å²) in [6, 6.07) is 15.7. The number of rotatable bonds is 6. The van der Waals surface area contributed by atoms with Gasteiger partial charge in [0.1, 0.15) is 17.4 Å². The van der Waals surface area contributed by atoms with Crippen LogP contribution in [0.5, 0.6) is 5.75 Å². The zero-order valence-corrected chi connectivity index (χ0v) is 17.6. The second kappa shape index (κ2) is 9.75. The molecule has 1 aromatic heterocycles. The van der Waals surface area contributed by atoms with E-state index in [1.165, 1.54) is 18.2 Å². The van der Waals surface area contributed by atoms with Crippen molar-refractivity contribution in [2.24, 2.45) is 0 Å². The van der Waals surface area contributed by atoms with Crippen LogP contribution in [0.2, 0.25) is 5.02 Å². The van der Waals surface area contributed by atoms with Crippen molar-refractivity contribution in [3.63, 3.8) is 0 Å². The Bertz CT molecular complexity index is 1040. The van der Waals surface area contributed by atoms with Gasteiger partial charge in [-0.3, -0.25) is 4.79 Å². The minimum Gasteiger partial charge on any atom is -0.491 e. The number of amides is 1. The molecule has 0 saturated carbocycles. The van der Waals surface area contributed by atoms with Gasteiger partial charge in [-0.1, -0.05) is 41.9 Å². The Morgan fingerprint density at radius 1 is 1.06 bits per heavy atom. The molecule has 1 amide bonds. The molecular weight excluding hydrogens is 419 g/mol. The van der Waals surface area contributed by atoms with Crippen molar-refractivity contribution in [2.75, 3.05) is 37.7 Å². The molecule has 1 aliphatic heterocycles. The maximum absolute atomic E-state index is 13.1. The van der Waals surface area contributed by atoms with E-state index in [1.54, 1.807) is 6.20 Å². The highest BCUT2D eigenvalue weighted by Crippen LogP contribution is 2.25. The van der Waals surface area contributed by atoms with Crippen LogP contribution < -0.4 is 9.64 Å². The Morgan fingerprint density at radius 3 is 2.58 bits per heavy atom. The predicted octanol–water partition coefficient (Wildman–Crippen LogP) is 4.05. The van der Waals surface area contributed by atoms with Gasteiger partial charge in [0, 0.05) is 37.9 Å². The number of aromatic nitrogens is 2. The second-order valence-electron chi connectivity index (χ2n) is 7.15. The number of hydrogen-bond acceptors (Lipinski definition) is 5. The lowest BCUT2D eigenvalue weighted by atomic mass is 10.2. The van der Waals surface area contributed by atoms with Crippen molar-refractivity contribution < 1.29 is 13.9 Å². The number of carbonyl (C=O) groups excluding carboxylic acids is 1. The van der Waals surface area contributed by atoms with Gasteiger partial charge in [-0.2, -0.15) is 0 Å². The Morgan fingerprint density at radius 2 is 1.84 bits per heavy atom. The lowest BCUT2D eigenvalue weighted by molar-refractivity contribution is -0.132. The highest BCUT2D eigenvalue weighted by Gasteiger charge is 2.22. The van der Waals surface area contributed by atoms with E-state index in [-0.39, 0.29) is 24.0 Å². The first kappa shape index (κ1) is 21.1. The van der Waals surface area contributed by atoms with E-state index < -0.39 is 5.82 Å². The van der Waals surface area contributed by atoms with E-state index in [2.05, 4.69) is 14.9 Å². The molecule has 160 valence electrons. The zero-order valence-electron chi connectivity index (χ0n) is 16.9. The third-order valence-electron chi connectivity index (χ3n) is 5.10. The fraction of sp³-hybridized carbons (Fsp3) is 0.261. The number of piperazine rings is 1. The van der Waals surface area contributed by atoms with E-state index >= 15 is 0 Å². The van der Waals surface area contributed by atoms with Crippen LogP contribution in [-0.4, -0.2) is 53.6 Å². The standard InChI is InChI=1S/C23H22ClFN4O2/c24-19-16-18(25)6-7-20(19)31-15-9-22(30)29-13-11-28(12-14-29)21-8-10-26-23(27-21)17-4-2-1-3-5-17/h1-8,10,16H,9,11-15H2. The van der Waals surface area contributed by atoms with Crippen LogP contribution in [0.3, 0.4) is 0 Å². The van der Waals surface area contributed by atoms with Crippen LogP contribution >= 0.6 is 11.6 Å². The van der Waals surface area contributed by atoms with E-state index in [4.69, 9.17) is 16.3 Å². The lowest BCUT2D eigenvalue weighted by Gasteiger charge is -2.35. The SMILES string of the molecule is O=C(CCOc1ccc(F)cc1Cl)N1CCN(c2ccnc(-c3ccccc3)n2)CC1. The smallest absolute Gasteiger partial charge is 0.226 e. The first-order chi connectivity index (χ1) is 15.1. The predicted molar refractivity (Wildman–Crippen MR) is 118 cm³/mol. The fourth-order valence-corrected chi connectivity index (χ4v) is 3.66. The maximum Gasteiger partial charge on any atom is 0.226 e. The summed E-state index contributed by atoms with van der Waals surface area (Å²) >= 11 is 5.94. The Balaban J connectivity index is 1.28. The van der Waals surface area contributed by atoms with Crippen molar-refractivity contribution >= 4 is 23.3 Å². The molecule has 3 aromatic rings. The minimum absolute atomic E-state index is 0.0190. The molecule has 1 aliphatic rings. The average Bonchev–Trinajstić information content (AvgIpc) is 2.81. The van der Waals surface area contributed by atoms with Crippen molar-refractivity contribution in [3.05, 3.63) is 71.6 Å². The molecule has 0 spiro atoms. The molecule has 0 aliphatic carbocycles. The van der Waals surface area contributed by atoms with Crippen molar-refractivity contribution in [1.82, 2.24) is 14.9 Å². The van der Waals surface area contributed by atoms with Gasteiger partial charge in [-0.05, 0) is 24.3 Å².